The number of hydrogen-bond donors (Lipinski definition) is 2. The zero-order valence-corrected chi connectivity index (χ0v) is 15.7. The number of rotatable bonds is 4. The van der Waals surface area contributed by atoms with Crippen LogP contribution in [0.1, 0.15) is 44.1 Å². The minimum absolute atomic E-state index is 0.00286. The smallest absolute Gasteiger partial charge is 0.319 e. The highest BCUT2D eigenvalue weighted by Gasteiger charge is 2.41. The van der Waals surface area contributed by atoms with Crippen molar-refractivity contribution in [1.82, 2.24) is 10.2 Å². The summed E-state index contributed by atoms with van der Waals surface area (Å²) in [6.07, 6.45) is 7.06. The van der Waals surface area contributed by atoms with Gasteiger partial charge in [0.2, 0.25) is 5.91 Å². The van der Waals surface area contributed by atoms with Gasteiger partial charge in [-0.25, -0.2) is 4.79 Å². The summed E-state index contributed by atoms with van der Waals surface area (Å²) in [4.78, 5) is 26.0. The van der Waals surface area contributed by atoms with E-state index in [1.807, 2.05) is 24.3 Å². The summed E-state index contributed by atoms with van der Waals surface area (Å²) >= 11 is 0. The number of benzene rings is 1. The van der Waals surface area contributed by atoms with E-state index in [0.717, 1.165) is 24.8 Å². The number of urea groups is 1. The predicted octanol–water partition coefficient (Wildman–Crippen LogP) is 2.93. The molecule has 1 atom stereocenters. The molecule has 0 bridgehead atoms. The molecule has 3 rings (SSSR count). The molecular formula is C20H29N3O3. The number of hydrogen-bond acceptors (Lipinski definition) is 3. The molecule has 1 aromatic rings. The van der Waals surface area contributed by atoms with Gasteiger partial charge in [-0.1, -0.05) is 37.5 Å². The van der Waals surface area contributed by atoms with Crippen LogP contribution in [0.5, 0.6) is 0 Å². The Bertz CT molecular complexity index is 653. The third-order valence-electron chi connectivity index (χ3n) is 5.42. The Morgan fingerprint density at radius 2 is 1.92 bits per heavy atom. The Morgan fingerprint density at radius 3 is 2.65 bits per heavy atom. The number of nitrogens with zero attached hydrogens (tertiary/aromatic N) is 1. The number of nitrogens with one attached hydrogen (secondary N) is 2. The lowest BCUT2D eigenvalue weighted by Crippen LogP contribution is -2.40. The van der Waals surface area contributed by atoms with E-state index in [2.05, 4.69) is 10.6 Å². The monoisotopic (exact) mass is 359 g/mol. The summed E-state index contributed by atoms with van der Waals surface area (Å²) < 4.78 is 6.06. The molecule has 2 aliphatic rings. The number of ether oxygens (including phenoxy) is 1. The van der Waals surface area contributed by atoms with Gasteiger partial charge in [0, 0.05) is 19.8 Å². The lowest BCUT2D eigenvalue weighted by Gasteiger charge is -2.32. The fourth-order valence-electron chi connectivity index (χ4n) is 3.94. The normalized spacial score (nSPS) is 21.4. The number of para-hydroxylation sites is 1. The summed E-state index contributed by atoms with van der Waals surface area (Å²) in [5.41, 5.74) is 1.46. The summed E-state index contributed by atoms with van der Waals surface area (Å²) in [6, 6.07) is 7.23. The maximum atomic E-state index is 12.4. The second-order valence-corrected chi connectivity index (χ2v) is 7.68. The fraction of sp³-hybridized carbons (Fsp3) is 0.600. The van der Waals surface area contributed by atoms with Crippen molar-refractivity contribution in [3.8, 4) is 0 Å². The number of carbonyl (C=O) groups excluding carboxylic acids is 2. The third kappa shape index (κ3) is 4.55. The molecule has 1 spiro atoms. The van der Waals surface area contributed by atoms with Crippen LogP contribution < -0.4 is 10.6 Å². The molecule has 26 heavy (non-hydrogen) atoms. The van der Waals surface area contributed by atoms with Crippen LogP contribution in [0.3, 0.4) is 0 Å². The highest BCUT2D eigenvalue weighted by molar-refractivity contribution is 5.91. The van der Waals surface area contributed by atoms with Gasteiger partial charge >= 0.3 is 6.03 Å². The molecule has 2 fully saturated rings. The van der Waals surface area contributed by atoms with Crippen LogP contribution in [0.25, 0.3) is 0 Å². The van der Waals surface area contributed by atoms with Gasteiger partial charge in [0.25, 0.3) is 0 Å². The molecule has 2 N–H and O–H groups in total. The minimum atomic E-state index is -0.240. The first-order chi connectivity index (χ1) is 12.5. The standard InChI is InChI=1S/C20H29N3O3/c1-23(2)18(24)12-15-8-4-5-9-17(15)22-19(25)21-16-13-20(26-14-16)10-6-3-7-11-20/h4-5,8-9,16H,3,6-7,10-14H2,1-2H3,(H2,21,22,25). The average Bonchev–Trinajstić information content (AvgIpc) is 2.98. The van der Waals surface area contributed by atoms with E-state index in [0.29, 0.717) is 12.3 Å². The number of anilines is 1. The van der Waals surface area contributed by atoms with E-state index >= 15 is 0 Å². The van der Waals surface area contributed by atoms with Crippen molar-refractivity contribution in [3.05, 3.63) is 29.8 Å². The highest BCUT2D eigenvalue weighted by atomic mass is 16.5. The van der Waals surface area contributed by atoms with Gasteiger partial charge in [-0.3, -0.25) is 4.79 Å². The van der Waals surface area contributed by atoms with Gasteiger partial charge < -0.3 is 20.3 Å². The predicted molar refractivity (Wildman–Crippen MR) is 101 cm³/mol. The summed E-state index contributed by atoms with van der Waals surface area (Å²) in [5.74, 6) is 0.00286. The second-order valence-electron chi connectivity index (χ2n) is 7.68. The summed E-state index contributed by atoms with van der Waals surface area (Å²) in [6.45, 7) is 0.578. The van der Waals surface area contributed by atoms with Crippen LogP contribution in [0.15, 0.2) is 24.3 Å². The average molecular weight is 359 g/mol. The first-order valence-corrected chi connectivity index (χ1v) is 9.47. The van der Waals surface area contributed by atoms with Crippen LogP contribution in [0.2, 0.25) is 0 Å². The maximum absolute atomic E-state index is 12.4. The Balaban J connectivity index is 1.56. The van der Waals surface area contributed by atoms with Crippen molar-refractivity contribution in [2.45, 2.75) is 56.6 Å². The van der Waals surface area contributed by atoms with Gasteiger partial charge in [-0.2, -0.15) is 0 Å². The fourth-order valence-corrected chi connectivity index (χ4v) is 3.94. The van der Waals surface area contributed by atoms with Crippen molar-refractivity contribution < 1.29 is 14.3 Å². The maximum Gasteiger partial charge on any atom is 0.319 e. The van der Waals surface area contributed by atoms with Gasteiger partial charge in [0.05, 0.1) is 24.7 Å². The van der Waals surface area contributed by atoms with Gasteiger partial charge in [0.1, 0.15) is 0 Å². The van der Waals surface area contributed by atoms with Crippen LogP contribution >= 0.6 is 0 Å². The van der Waals surface area contributed by atoms with Crippen molar-refractivity contribution in [3.63, 3.8) is 0 Å². The lowest BCUT2D eigenvalue weighted by atomic mass is 9.82. The molecule has 1 aliphatic carbocycles. The summed E-state index contributed by atoms with van der Waals surface area (Å²) in [7, 11) is 3.46. The first-order valence-electron chi connectivity index (χ1n) is 9.47. The topological polar surface area (TPSA) is 70.7 Å². The van der Waals surface area contributed by atoms with Crippen LogP contribution in [-0.2, 0) is 16.0 Å². The molecular weight excluding hydrogens is 330 g/mol. The molecule has 1 heterocycles. The minimum Gasteiger partial charge on any atom is -0.373 e. The SMILES string of the molecule is CN(C)C(=O)Cc1ccccc1NC(=O)NC1COC2(CCCCC2)C1. The van der Waals surface area contributed by atoms with E-state index in [9.17, 15) is 9.59 Å². The van der Waals surface area contributed by atoms with Gasteiger partial charge in [0.15, 0.2) is 0 Å². The molecule has 1 saturated carbocycles. The van der Waals surface area contributed by atoms with Crippen molar-refractivity contribution in [2.24, 2.45) is 0 Å². The van der Waals surface area contributed by atoms with E-state index in [1.54, 1.807) is 19.0 Å². The molecule has 0 radical (unpaired) electrons. The van der Waals surface area contributed by atoms with Gasteiger partial charge in [-0.15, -0.1) is 0 Å². The molecule has 6 nitrogen and oxygen atoms in total. The number of likely N-dealkylation sites (N-methyl/N-ethyl adjacent to an activating group) is 1. The van der Waals surface area contributed by atoms with Gasteiger partial charge in [-0.05, 0) is 30.9 Å². The van der Waals surface area contributed by atoms with Crippen molar-refractivity contribution >= 4 is 17.6 Å². The van der Waals surface area contributed by atoms with Crippen LogP contribution in [0.4, 0.5) is 10.5 Å². The number of amides is 3. The molecule has 3 amide bonds. The molecule has 1 saturated heterocycles. The molecule has 1 unspecified atom stereocenters. The van der Waals surface area contributed by atoms with Crippen molar-refractivity contribution in [1.29, 1.82) is 0 Å². The third-order valence-corrected chi connectivity index (χ3v) is 5.42. The van der Waals surface area contributed by atoms with E-state index in [-0.39, 0.29) is 30.0 Å². The Kier molecular flexibility index (Phi) is 5.81. The second kappa shape index (κ2) is 8.08. The first kappa shape index (κ1) is 18.7. The van der Waals surface area contributed by atoms with E-state index < -0.39 is 0 Å². The van der Waals surface area contributed by atoms with Crippen LogP contribution in [-0.4, -0.2) is 49.2 Å². The zero-order chi connectivity index (χ0) is 18.6. The Morgan fingerprint density at radius 1 is 1.19 bits per heavy atom. The van der Waals surface area contributed by atoms with Crippen LogP contribution in [0, 0.1) is 0 Å². The quantitative estimate of drug-likeness (QED) is 0.868. The summed E-state index contributed by atoms with van der Waals surface area (Å²) in [5, 5.41) is 5.93. The number of carbonyl (C=O) groups is 2. The molecule has 1 aromatic carbocycles. The zero-order valence-electron chi connectivity index (χ0n) is 15.7. The molecule has 142 valence electrons. The Hall–Kier alpha value is -2.08. The molecule has 1 aliphatic heterocycles. The Labute approximate surface area is 155 Å². The van der Waals surface area contributed by atoms with E-state index in [4.69, 9.17) is 4.74 Å². The molecule has 6 heteroatoms. The lowest BCUT2D eigenvalue weighted by molar-refractivity contribution is -0.127. The highest BCUT2D eigenvalue weighted by Crippen LogP contribution is 2.39. The van der Waals surface area contributed by atoms with Crippen molar-refractivity contribution in [2.75, 3.05) is 26.0 Å². The van der Waals surface area contributed by atoms with E-state index in [1.165, 1.54) is 19.3 Å². The molecule has 0 aromatic heterocycles. The largest absolute Gasteiger partial charge is 0.373 e.